The molecule has 0 amide bonds. The van der Waals surface area contributed by atoms with E-state index in [0.29, 0.717) is 12.1 Å². The minimum absolute atomic E-state index is 0.384. The van der Waals surface area contributed by atoms with Crippen LogP contribution in [0.4, 0.5) is 0 Å². The van der Waals surface area contributed by atoms with Gasteiger partial charge in [-0.05, 0) is 65.0 Å². The summed E-state index contributed by atoms with van der Waals surface area (Å²) < 4.78 is 11.1. The topological polar surface area (TPSA) is 49.3 Å². The maximum Gasteiger partial charge on any atom is 0.193 e. The first-order valence-corrected chi connectivity index (χ1v) is 11.0. The van der Waals surface area contributed by atoms with Crippen molar-refractivity contribution >= 4 is 5.96 Å². The van der Waals surface area contributed by atoms with E-state index in [4.69, 9.17) is 14.5 Å². The van der Waals surface area contributed by atoms with E-state index in [1.54, 1.807) is 7.11 Å². The van der Waals surface area contributed by atoms with Gasteiger partial charge in [-0.15, -0.1) is 0 Å². The third-order valence-corrected chi connectivity index (χ3v) is 5.87. The Morgan fingerprint density at radius 1 is 1.11 bits per heavy atom. The molecule has 2 heterocycles. The summed E-state index contributed by atoms with van der Waals surface area (Å²) in [6, 6.07) is 0.521. The molecule has 2 rings (SSSR count). The number of hydrogen-bond donors (Lipinski definition) is 1. The van der Waals surface area contributed by atoms with Crippen molar-refractivity contribution in [2.45, 2.75) is 65.0 Å². The zero-order valence-electron chi connectivity index (χ0n) is 18.1. The summed E-state index contributed by atoms with van der Waals surface area (Å²) in [7, 11) is 1.74. The normalized spacial score (nSPS) is 22.2. The second kappa shape index (κ2) is 12.6. The fourth-order valence-corrected chi connectivity index (χ4v) is 3.92. The molecule has 2 fully saturated rings. The van der Waals surface area contributed by atoms with Crippen molar-refractivity contribution in [1.29, 1.82) is 0 Å². The van der Waals surface area contributed by atoms with Gasteiger partial charge >= 0.3 is 0 Å². The van der Waals surface area contributed by atoms with Crippen molar-refractivity contribution < 1.29 is 9.47 Å². The third kappa shape index (κ3) is 7.96. The Bertz CT molecular complexity index is 416. The van der Waals surface area contributed by atoms with Crippen LogP contribution in [0.5, 0.6) is 0 Å². The third-order valence-electron chi connectivity index (χ3n) is 5.87. The molecular weight excluding hydrogens is 340 g/mol. The average molecular weight is 383 g/mol. The lowest BCUT2D eigenvalue weighted by Crippen LogP contribution is -2.48. The van der Waals surface area contributed by atoms with Gasteiger partial charge in [-0.1, -0.05) is 6.92 Å². The summed E-state index contributed by atoms with van der Waals surface area (Å²) in [5.41, 5.74) is 0. The van der Waals surface area contributed by atoms with Crippen LogP contribution >= 0.6 is 0 Å². The van der Waals surface area contributed by atoms with E-state index in [-0.39, 0.29) is 0 Å². The van der Waals surface area contributed by atoms with E-state index in [9.17, 15) is 0 Å². The van der Waals surface area contributed by atoms with Gasteiger partial charge in [-0.2, -0.15) is 0 Å². The molecule has 0 bridgehead atoms. The number of nitrogens with zero attached hydrogens (tertiary/aromatic N) is 3. The molecule has 6 heteroatoms. The number of ether oxygens (including phenoxy) is 2. The Kier molecular flexibility index (Phi) is 10.5. The number of aliphatic imine (C=N–C) groups is 1. The molecule has 0 aromatic heterocycles. The fourth-order valence-electron chi connectivity index (χ4n) is 3.92. The minimum atomic E-state index is 0.384. The van der Waals surface area contributed by atoms with E-state index < -0.39 is 0 Å². The van der Waals surface area contributed by atoms with Crippen LogP contribution in [-0.4, -0.2) is 87.5 Å². The van der Waals surface area contributed by atoms with E-state index in [2.05, 4.69) is 35.9 Å². The van der Waals surface area contributed by atoms with E-state index in [0.717, 1.165) is 70.5 Å². The highest BCUT2D eigenvalue weighted by Crippen LogP contribution is 2.18. The van der Waals surface area contributed by atoms with E-state index in [1.165, 1.54) is 25.9 Å². The standard InChI is InChI=1S/C21H42N4O2/c1-5-22-21(23-17-19(3)24-11-7-18(2)8-12-24)25-13-9-20(10-14-25)27-16-6-15-26-4/h18-20H,5-17H2,1-4H3,(H,22,23). The smallest absolute Gasteiger partial charge is 0.193 e. The predicted molar refractivity (Wildman–Crippen MR) is 112 cm³/mol. The quantitative estimate of drug-likeness (QED) is 0.377. The summed E-state index contributed by atoms with van der Waals surface area (Å²) >= 11 is 0. The molecule has 1 atom stereocenters. The Labute approximate surface area is 166 Å². The molecule has 0 aromatic carbocycles. The van der Waals surface area contributed by atoms with Crippen LogP contribution in [-0.2, 0) is 9.47 Å². The molecule has 6 nitrogen and oxygen atoms in total. The maximum absolute atomic E-state index is 5.99. The molecule has 2 saturated heterocycles. The molecule has 0 aromatic rings. The van der Waals surface area contributed by atoms with E-state index in [1.807, 2.05) is 0 Å². The van der Waals surface area contributed by atoms with Crippen LogP contribution in [0.3, 0.4) is 0 Å². The van der Waals surface area contributed by atoms with Crippen LogP contribution < -0.4 is 5.32 Å². The summed E-state index contributed by atoms with van der Waals surface area (Å²) in [5, 5.41) is 3.49. The minimum Gasteiger partial charge on any atom is -0.385 e. The molecule has 2 aliphatic heterocycles. The number of hydrogen-bond acceptors (Lipinski definition) is 4. The monoisotopic (exact) mass is 382 g/mol. The molecule has 1 N–H and O–H groups in total. The van der Waals surface area contributed by atoms with Crippen LogP contribution in [0.15, 0.2) is 4.99 Å². The molecule has 27 heavy (non-hydrogen) atoms. The Morgan fingerprint density at radius 3 is 2.44 bits per heavy atom. The highest BCUT2D eigenvalue weighted by Gasteiger charge is 2.23. The number of piperidine rings is 2. The van der Waals surface area contributed by atoms with Gasteiger partial charge in [0, 0.05) is 46.0 Å². The Hall–Kier alpha value is -0.850. The second-order valence-electron chi connectivity index (χ2n) is 8.17. The predicted octanol–water partition coefficient (Wildman–Crippen LogP) is 2.59. The van der Waals surface area contributed by atoms with Gasteiger partial charge in [0.1, 0.15) is 0 Å². The average Bonchev–Trinajstić information content (AvgIpc) is 2.69. The lowest BCUT2D eigenvalue weighted by atomic mass is 9.98. The number of methoxy groups -OCH3 is 1. The molecular formula is C21H42N4O2. The second-order valence-corrected chi connectivity index (χ2v) is 8.17. The zero-order valence-corrected chi connectivity index (χ0v) is 18.1. The van der Waals surface area contributed by atoms with Gasteiger partial charge in [0.15, 0.2) is 5.96 Å². The van der Waals surface area contributed by atoms with Gasteiger partial charge in [-0.3, -0.25) is 9.89 Å². The van der Waals surface area contributed by atoms with Crippen LogP contribution in [0.25, 0.3) is 0 Å². The lowest BCUT2D eigenvalue weighted by molar-refractivity contribution is 0.00988. The van der Waals surface area contributed by atoms with Gasteiger partial charge in [0.2, 0.25) is 0 Å². The van der Waals surface area contributed by atoms with Gasteiger partial charge in [-0.25, -0.2) is 0 Å². The van der Waals surface area contributed by atoms with Gasteiger partial charge in [0.05, 0.1) is 12.6 Å². The highest BCUT2D eigenvalue weighted by atomic mass is 16.5. The first-order valence-electron chi connectivity index (χ1n) is 11.0. The largest absolute Gasteiger partial charge is 0.385 e. The first-order chi connectivity index (χ1) is 13.1. The molecule has 0 saturated carbocycles. The molecule has 0 radical (unpaired) electrons. The molecule has 0 aliphatic carbocycles. The molecule has 158 valence electrons. The number of guanidine groups is 1. The van der Waals surface area contributed by atoms with Gasteiger partial charge < -0.3 is 19.7 Å². The van der Waals surface area contributed by atoms with E-state index >= 15 is 0 Å². The van der Waals surface area contributed by atoms with Crippen molar-refractivity contribution in [1.82, 2.24) is 15.1 Å². The molecule has 1 unspecified atom stereocenters. The fraction of sp³-hybridized carbons (Fsp3) is 0.952. The van der Waals surface area contributed by atoms with Crippen molar-refractivity contribution in [3.05, 3.63) is 0 Å². The van der Waals surface area contributed by atoms with Crippen LogP contribution in [0.1, 0.15) is 52.9 Å². The molecule has 0 spiro atoms. The number of likely N-dealkylation sites (tertiary alicyclic amines) is 2. The van der Waals surface area contributed by atoms with Crippen molar-refractivity contribution in [3.63, 3.8) is 0 Å². The Morgan fingerprint density at radius 2 is 1.81 bits per heavy atom. The molecule has 2 aliphatic rings. The highest BCUT2D eigenvalue weighted by molar-refractivity contribution is 5.80. The number of nitrogens with one attached hydrogen (secondary N) is 1. The first kappa shape index (κ1) is 22.4. The van der Waals surface area contributed by atoms with Crippen LogP contribution in [0.2, 0.25) is 0 Å². The summed E-state index contributed by atoms with van der Waals surface area (Å²) in [4.78, 5) is 9.99. The summed E-state index contributed by atoms with van der Waals surface area (Å²) in [5.74, 6) is 1.96. The summed E-state index contributed by atoms with van der Waals surface area (Å²) in [6.07, 6.45) is 6.18. The summed E-state index contributed by atoms with van der Waals surface area (Å²) in [6.45, 7) is 14.7. The lowest BCUT2D eigenvalue weighted by Gasteiger charge is -2.36. The van der Waals surface area contributed by atoms with Crippen molar-refractivity contribution in [3.8, 4) is 0 Å². The SMILES string of the molecule is CCNC(=NCC(C)N1CCC(C)CC1)N1CCC(OCCCOC)CC1. The number of rotatable bonds is 9. The van der Waals surface area contributed by atoms with Gasteiger partial charge in [0.25, 0.3) is 0 Å². The van der Waals surface area contributed by atoms with Crippen molar-refractivity contribution in [2.24, 2.45) is 10.9 Å². The van der Waals surface area contributed by atoms with Crippen LogP contribution in [0, 0.1) is 5.92 Å². The van der Waals surface area contributed by atoms with Crippen molar-refractivity contribution in [2.75, 3.05) is 59.6 Å². The Balaban J connectivity index is 1.76. The zero-order chi connectivity index (χ0) is 19.5. The maximum atomic E-state index is 5.99.